The van der Waals surface area contributed by atoms with Crippen molar-refractivity contribution in [1.82, 2.24) is 0 Å². The zero-order valence-electron chi connectivity index (χ0n) is 7.05. The molecule has 58 valence electrons. The number of aliphatic imine (C=N–C) groups is 2. The molecular formula is C7H15N3. The number of hydrogen-bond acceptors (Lipinski definition) is 1. The average molecular weight is 141 g/mol. The first-order valence-electron chi connectivity index (χ1n) is 3.24. The minimum absolute atomic E-state index is 0.00931. The maximum Gasteiger partial charge on any atom is 0.130 e. The Labute approximate surface area is 62.1 Å². The molecule has 2 N–H and O–H groups in total. The third kappa shape index (κ3) is 2.62. The Bertz CT molecular complexity index is 151. The van der Waals surface area contributed by atoms with Crippen LogP contribution in [0.1, 0.15) is 20.8 Å². The van der Waals surface area contributed by atoms with Crippen molar-refractivity contribution in [3.05, 3.63) is 0 Å². The summed E-state index contributed by atoms with van der Waals surface area (Å²) >= 11 is 0. The van der Waals surface area contributed by atoms with Gasteiger partial charge in [0.1, 0.15) is 5.84 Å². The van der Waals surface area contributed by atoms with Gasteiger partial charge in [-0.2, -0.15) is 0 Å². The lowest BCUT2D eigenvalue weighted by molar-refractivity contribution is 0.584. The molecule has 0 spiro atoms. The van der Waals surface area contributed by atoms with Crippen LogP contribution in [0.3, 0.4) is 0 Å². The third-order valence-corrected chi connectivity index (χ3v) is 1.08. The van der Waals surface area contributed by atoms with E-state index in [4.69, 9.17) is 5.73 Å². The first-order valence-corrected chi connectivity index (χ1v) is 3.24. The van der Waals surface area contributed by atoms with Crippen LogP contribution >= 0.6 is 0 Å². The van der Waals surface area contributed by atoms with Gasteiger partial charge in [-0.05, 0) is 0 Å². The molecule has 3 heteroatoms. The monoisotopic (exact) mass is 141 g/mol. The number of rotatable bonds is 0. The van der Waals surface area contributed by atoms with Crippen molar-refractivity contribution in [2.45, 2.75) is 20.8 Å². The highest BCUT2D eigenvalue weighted by atomic mass is 14.9. The van der Waals surface area contributed by atoms with Crippen LogP contribution in [0, 0.1) is 5.41 Å². The molecule has 0 saturated heterocycles. The summed E-state index contributed by atoms with van der Waals surface area (Å²) < 4.78 is 0. The normalized spacial score (nSPS) is 14.6. The maximum atomic E-state index is 5.13. The summed E-state index contributed by atoms with van der Waals surface area (Å²) in [5.41, 5.74) is 5.12. The van der Waals surface area contributed by atoms with E-state index in [-0.39, 0.29) is 5.41 Å². The van der Waals surface area contributed by atoms with E-state index in [0.29, 0.717) is 0 Å². The predicted molar refractivity (Wildman–Crippen MR) is 45.5 cm³/mol. The molecule has 0 atom stereocenters. The van der Waals surface area contributed by atoms with Gasteiger partial charge in [0, 0.05) is 12.5 Å². The zero-order valence-corrected chi connectivity index (χ0v) is 7.05. The van der Waals surface area contributed by atoms with Gasteiger partial charge in [0.2, 0.25) is 0 Å². The van der Waals surface area contributed by atoms with Crippen molar-refractivity contribution in [1.29, 1.82) is 0 Å². The molecule has 0 heterocycles. The fourth-order valence-electron chi connectivity index (χ4n) is 0.657. The Morgan fingerprint density at radius 1 is 1.40 bits per heavy atom. The fourth-order valence-corrected chi connectivity index (χ4v) is 0.657. The van der Waals surface area contributed by atoms with E-state index in [1.54, 1.807) is 7.05 Å². The molecule has 0 rings (SSSR count). The third-order valence-electron chi connectivity index (χ3n) is 1.08. The molecule has 0 aromatic rings. The summed E-state index contributed by atoms with van der Waals surface area (Å²) in [5.74, 6) is 0.773. The molecule has 0 aliphatic rings. The van der Waals surface area contributed by atoms with Gasteiger partial charge < -0.3 is 5.73 Å². The molecule has 0 radical (unpaired) electrons. The molecule has 0 aliphatic heterocycles. The summed E-state index contributed by atoms with van der Waals surface area (Å²) in [5, 5.41) is 0. The van der Waals surface area contributed by atoms with Crippen LogP contribution in [0.2, 0.25) is 0 Å². The van der Waals surface area contributed by atoms with E-state index in [1.807, 2.05) is 20.8 Å². The van der Waals surface area contributed by atoms with Crippen molar-refractivity contribution in [3.63, 3.8) is 0 Å². The summed E-state index contributed by atoms with van der Waals surface area (Å²) in [6.07, 6.45) is 1.27. The second-order valence-electron chi connectivity index (χ2n) is 3.08. The van der Waals surface area contributed by atoms with E-state index in [1.165, 1.54) is 6.34 Å². The topological polar surface area (TPSA) is 50.7 Å². The standard InChI is InChI=1S/C7H15N3/c1-7(2,3)6(9-4)10-5-8/h5H,1-4H3,(H2,8,9,10). The smallest absolute Gasteiger partial charge is 0.130 e. The minimum Gasteiger partial charge on any atom is -0.390 e. The molecular weight excluding hydrogens is 126 g/mol. The summed E-state index contributed by atoms with van der Waals surface area (Å²) in [7, 11) is 1.72. The summed E-state index contributed by atoms with van der Waals surface area (Å²) in [6, 6.07) is 0. The number of amidine groups is 1. The van der Waals surface area contributed by atoms with Crippen LogP contribution < -0.4 is 5.73 Å². The molecule has 0 aromatic carbocycles. The van der Waals surface area contributed by atoms with E-state index < -0.39 is 0 Å². The quantitative estimate of drug-likeness (QED) is 0.398. The molecule has 0 aliphatic carbocycles. The summed E-state index contributed by atoms with van der Waals surface area (Å²) in [4.78, 5) is 7.90. The highest BCUT2D eigenvalue weighted by Gasteiger charge is 2.16. The van der Waals surface area contributed by atoms with Crippen LogP contribution in [0.25, 0.3) is 0 Å². The molecule has 0 amide bonds. The number of nitrogens with zero attached hydrogens (tertiary/aromatic N) is 2. The van der Waals surface area contributed by atoms with Gasteiger partial charge in [-0.15, -0.1) is 0 Å². The van der Waals surface area contributed by atoms with Crippen LogP contribution in [0.5, 0.6) is 0 Å². The molecule has 3 nitrogen and oxygen atoms in total. The van der Waals surface area contributed by atoms with Gasteiger partial charge in [0.25, 0.3) is 0 Å². The predicted octanol–water partition coefficient (Wildman–Crippen LogP) is 1.05. The number of hydrogen-bond donors (Lipinski definition) is 1. The van der Waals surface area contributed by atoms with E-state index in [0.717, 1.165) is 5.84 Å². The first kappa shape index (κ1) is 9.14. The van der Waals surface area contributed by atoms with E-state index in [9.17, 15) is 0 Å². The lowest BCUT2D eigenvalue weighted by Crippen LogP contribution is -2.19. The number of nitrogens with two attached hydrogens (primary N) is 1. The van der Waals surface area contributed by atoms with Crippen LogP contribution in [-0.4, -0.2) is 19.2 Å². The molecule has 0 bridgehead atoms. The lowest BCUT2D eigenvalue weighted by atomic mass is 9.95. The Morgan fingerprint density at radius 3 is 2.00 bits per heavy atom. The first-order chi connectivity index (χ1) is 4.52. The molecule has 10 heavy (non-hydrogen) atoms. The molecule has 0 unspecified atom stereocenters. The van der Waals surface area contributed by atoms with Crippen LogP contribution in [-0.2, 0) is 0 Å². The molecule has 0 saturated carbocycles. The van der Waals surface area contributed by atoms with Crippen LogP contribution in [0.15, 0.2) is 9.98 Å². The average Bonchev–Trinajstić information content (AvgIpc) is 1.80. The van der Waals surface area contributed by atoms with Crippen molar-refractivity contribution in [2.24, 2.45) is 21.1 Å². The van der Waals surface area contributed by atoms with Crippen LogP contribution in [0.4, 0.5) is 0 Å². The minimum atomic E-state index is -0.00931. The zero-order chi connectivity index (χ0) is 8.20. The van der Waals surface area contributed by atoms with Gasteiger partial charge in [-0.1, -0.05) is 20.8 Å². The van der Waals surface area contributed by atoms with Gasteiger partial charge >= 0.3 is 0 Å². The lowest BCUT2D eigenvalue weighted by Gasteiger charge is -2.16. The Kier molecular flexibility index (Phi) is 3.06. The van der Waals surface area contributed by atoms with Crippen molar-refractivity contribution >= 4 is 12.2 Å². The van der Waals surface area contributed by atoms with Gasteiger partial charge in [0.15, 0.2) is 0 Å². The van der Waals surface area contributed by atoms with Crippen molar-refractivity contribution < 1.29 is 0 Å². The van der Waals surface area contributed by atoms with Crippen molar-refractivity contribution in [2.75, 3.05) is 7.05 Å². The second-order valence-corrected chi connectivity index (χ2v) is 3.08. The second kappa shape index (κ2) is 3.34. The van der Waals surface area contributed by atoms with Crippen molar-refractivity contribution in [3.8, 4) is 0 Å². The SMILES string of the molecule is C/N=C(\N=C/N)C(C)(C)C. The van der Waals surface area contributed by atoms with E-state index >= 15 is 0 Å². The fraction of sp³-hybridized carbons (Fsp3) is 0.714. The highest BCUT2D eigenvalue weighted by Crippen LogP contribution is 2.15. The van der Waals surface area contributed by atoms with Gasteiger partial charge in [-0.3, -0.25) is 4.99 Å². The Balaban J connectivity index is 4.39. The Morgan fingerprint density at radius 2 is 1.90 bits per heavy atom. The summed E-state index contributed by atoms with van der Waals surface area (Å²) in [6.45, 7) is 6.13. The largest absolute Gasteiger partial charge is 0.390 e. The van der Waals surface area contributed by atoms with Gasteiger partial charge in [0.05, 0.1) is 6.34 Å². The van der Waals surface area contributed by atoms with E-state index in [2.05, 4.69) is 9.98 Å². The Hall–Kier alpha value is -0.860. The molecule has 0 aromatic heterocycles. The highest BCUT2D eigenvalue weighted by molar-refractivity contribution is 5.92. The maximum absolute atomic E-state index is 5.13. The molecule has 0 fully saturated rings. The van der Waals surface area contributed by atoms with Gasteiger partial charge in [-0.25, -0.2) is 4.99 Å².